The van der Waals surface area contributed by atoms with E-state index in [0.717, 1.165) is 16.8 Å². The van der Waals surface area contributed by atoms with Crippen LogP contribution in [0, 0.1) is 6.92 Å². The number of imidazole rings is 1. The monoisotopic (exact) mass is 435 g/mol. The highest BCUT2D eigenvalue weighted by Crippen LogP contribution is 2.32. The van der Waals surface area contributed by atoms with E-state index in [1.807, 2.05) is 41.9 Å². The number of methoxy groups -OCH3 is 1. The SMILES string of the molecule is COc1ccc(-c2cn3ccc(C)cc3n2)cc1NS(=O)(=O)c1cccc(C(C)=O)c1. The molecule has 0 atom stereocenters. The van der Waals surface area contributed by atoms with E-state index in [1.165, 1.54) is 32.2 Å². The van der Waals surface area contributed by atoms with Crippen molar-refractivity contribution in [1.29, 1.82) is 0 Å². The molecule has 0 aliphatic carbocycles. The fourth-order valence-corrected chi connectivity index (χ4v) is 4.36. The average molecular weight is 436 g/mol. The standard InChI is InChI=1S/C23H21N3O4S/c1-15-9-10-26-14-21(24-23(26)11-15)18-7-8-22(30-3)20(13-18)25-31(28,29)19-6-4-5-17(12-19)16(2)27/h4-14,25H,1-3H3. The summed E-state index contributed by atoms with van der Waals surface area (Å²) in [4.78, 5) is 16.3. The summed E-state index contributed by atoms with van der Waals surface area (Å²) in [5, 5.41) is 0. The lowest BCUT2D eigenvalue weighted by Crippen LogP contribution is -2.14. The van der Waals surface area contributed by atoms with Crippen LogP contribution in [0.1, 0.15) is 22.8 Å². The van der Waals surface area contributed by atoms with Gasteiger partial charge in [-0.2, -0.15) is 0 Å². The highest BCUT2D eigenvalue weighted by Gasteiger charge is 2.19. The lowest BCUT2D eigenvalue weighted by Gasteiger charge is -2.13. The summed E-state index contributed by atoms with van der Waals surface area (Å²) in [6.45, 7) is 3.39. The largest absolute Gasteiger partial charge is 0.495 e. The Labute approximate surface area is 180 Å². The minimum atomic E-state index is -3.94. The van der Waals surface area contributed by atoms with Crippen LogP contribution in [0.25, 0.3) is 16.9 Å². The Kier molecular flexibility index (Phi) is 5.24. The van der Waals surface area contributed by atoms with E-state index in [-0.39, 0.29) is 16.4 Å². The summed E-state index contributed by atoms with van der Waals surface area (Å²) < 4.78 is 35.8. The zero-order chi connectivity index (χ0) is 22.2. The topological polar surface area (TPSA) is 89.8 Å². The first-order valence-electron chi connectivity index (χ1n) is 9.54. The molecule has 8 heteroatoms. The summed E-state index contributed by atoms with van der Waals surface area (Å²) in [7, 11) is -2.47. The first-order chi connectivity index (χ1) is 14.8. The van der Waals surface area contributed by atoms with Crippen LogP contribution in [-0.4, -0.2) is 30.7 Å². The molecule has 0 bridgehead atoms. The maximum Gasteiger partial charge on any atom is 0.262 e. The molecule has 4 aromatic rings. The number of sulfonamides is 1. The molecule has 0 aliphatic heterocycles. The van der Waals surface area contributed by atoms with Gasteiger partial charge in [-0.05, 0) is 61.9 Å². The Morgan fingerprint density at radius 2 is 1.90 bits per heavy atom. The van der Waals surface area contributed by atoms with Crippen LogP contribution in [0.2, 0.25) is 0 Å². The van der Waals surface area contributed by atoms with Crippen LogP contribution < -0.4 is 9.46 Å². The average Bonchev–Trinajstić information content (AvgIpc) is 3.16. The minimum Gasteiger partial charge on any atom is -0.495 e. The Morgan fingerprint density at radius 1 is 1.10 bits per heavy atom. The van der Waals surface area contributed by atoms with Crippen LogP contribution in [0.5, 0.6) is 5.75 Å². The third-order valence-electron chi connectivity index (χ3n) is 4.91. The molecule has 31 heavy (non-hydrogen) atoms. The van der Waals surface area contributed by atoms with E-state index in [0.29, 0.717) is 17.0 Å². The van der Waals surface area contributed by atoms with E-state index >= 15 is 0 Å². The molecule has 158 valence electrons. The Balaban J connectivity index is 1.73. The van der Waals surface area contributed by atoms with E-state index < -0.39 is 10.0 Å². The summed E-state index contributed by atoms with van der Waals surface area (Å²) >= 11 is 0. The van der Waals surface area contributed by atoms with Crippen molar-refractivity contribution in [3.05, 3.63) is 78.1 Å². The molecule has 0 saturated heterocycles. The molecule has 2 aromatic carbocycles. The van der Waals surface area contributed by atoms with Crippen LogP contribution in [0.15, 0.2) is 71.9 Å². The van der Waals surface area contributed by atoms with E-state index in [4.69, 9.17) is 4.74 Å². The van der Waals surface area contributed by atoms with Gasteiger partial charge in [-0.1, -0.05) is 12.1 Å². The number of aromatic nitrogens is 2. The van der Waals surface area contributed by atoms with Crippen LogP contribution in [-0.2, 0) is 10.0 Å². The van der Waals surface area contributed by atoms with Crippen LogP contribution >= 0.6 is 0 Å². The number of anilines is 1. The number of nitrogens with zero attached hydrogens (tertiary/aromatic N) is 2. The Morgan fingerprint density at radius 3 is 2.65 bits per heavy atom. The number of hydrogen-bond donors (Lipinski definition) is 1. The molecular formula is C23H21N3O4S. The number of fused-ring (bicyclic) bond motifs is 1. The van der Waals surface area contributed by atoms with Crippen molar-refractivity contribution in [3.63, 3.8) is 0 Å². The molecule has 2 aromatic heterocycles. The van der Waals surface area contributed by atoms with Gasteiger partial charge in [0.1, 0.15) is 11.4 Å². The predicted molar refractivity (Wildman–Crippen MR) is 119 cm³/mol. The minimum absolute atomic E-state index is 0.00383. The smallest absolute Gasteiger partial charge is 0.262 e. The maximum absolute atomic E-state index is 13.0. The van der Waals surface area contributed by atoms with Gasteiger partial charge in [0, 0.05) is 23.5 Å². The van der Waals surface area contributed by atoms with Gasteiger partial charge in [-0.15, -0.1) is 0 Å². The second-order valence-corrected chi connectivity index (χ2v) is 8.88. The number of ketones is 1. The fourth-order valence-electron chi connectivity index (χ4n) is 3.26. The zero-order valence-electron chi connectivity index (χ0n) is 17.3. The number of Topliss-reactive ketones (excluding diaryl/α,β-unsaturated/α-hetero) is 1. The van der Waals surface area contributed by atoms with Crippen molar-refractivity contribution < 1.29 is 17.9 Å². The molecule has 0 radical (unpaired) electrons. The second kappa shape index (κ2) is 7.88. The van der Waals surface area contributed by atoms with Crippen molar-refractivity contribution >= 4 is 27.1 Å². The van der Waals surface area contributed by atoms with Crippen molar-refractivity contribution in [2.45, 2.75) is 18.7 Å². The van der Waals surface area contributed by atoms with E-state index in [1.54, 1.807) is 18.2 Å². The maximum atomic E-state index is 13.0. The number of ether oxygens (including phenoxy) is 1. The summed E-state index contributed by atoms with van der Waals surface area (Å²) in [5.74, 6) is 0.161. The van der Waals surface area contributed by atoms with Gasteiger partial charge in [0.05, 0.1) is 23.4 Å². The number of carbonyl (C=O) groups is 1. The molecule has 1 N–H and O–H groups in total. The van der Waals surface area contributed by atoms with E-state index in [9.17, 15) is 13.2 Å². The summed E-state index contributed by atoms with van der Waals surface area (Å²) in [5.41, 5.74) is 3.93. The van der Waals surface area contributed by atoms with Crippen molar-refractivity contribution in [2.24, 2.45) is 0 Å². The molecule has 0 saturated carbocycles. The number of aryl methyl sites for hydroxylation is 1. The quantitative estimate of drug-likeness (QED) is 0.456. The molecule has 4 rings (SSSR count). The number of nitrogens with one attached hydrogen (secondary N) is 1. The summed E-state index contributed by atoms with van der Waals surface area (Å²) in [6.07, 6.45) is 3.81. The van der Waals surface area contributed by atoms with Crippen LogP contribution in [0.3, 0.4) is 0 Å². The zero-order valence-corrected chi connectivity index (χ0v) is 18.1. The summed E-state index contributed by atoms with van der Waals surface area (Å²) in [6, 6.07) is 15.1. The Hall–Kier alpha value is -3.65. The fraction of sp³-hybridized carbons (Fsp3) is 0.130. The predicted octanol–water partition coefficient (Wildman–Crippen LogP) is 4.32. The Bertz CT molecular complexity index is 1410. The molecule has 0 unspecified atom stereocenters. The first kappa shape index (κ1) is 20.6. The lowest BCUT2D eigenvalue weighted by atomic mass is 10.1. The highest BCUT2D eigenvalue weighted by atomic mass is 32.2. The molecular weight excluding hydrogens is 414 g/mol. The highest BCUT2D eigenvalue weighted by molar-refractivity contribution is 7.92. The van der Waals surface area contributed by atoms with Crippen molar-refractivity contribution in [3.8, 4) is 17.0 Å². The number of benzene rings is 2. The number of pyridine rings is 1. The van der Waals surface area contributed by atoms with Crippen LogP contribution in [0.4, 0.5) is 5.69 Å². The molecule has 7 nitrogen and oxygen atoms in total. The van der Waals surface area contributed by atoms with Gasteiger partial charge < -0.3 is 9.14 Å². The molecule has 2 heterocycles. The van der Waals surface area contributed by atoms with Gasteiger partial charge in [0.25, 0.3) is 10.0 Å². The lowest BCUT2D eigenvalue weighted by molar-refractivity contribution is 0.101. The normalized spacial score (nSPS) is 11.5. The molecule has 0 fully saturated rings. The van der Waals surface area contributed by atoms with Gasteiger partial charge in [0.2, 0.25) is 0 Å². The van der Waals surface area contributed by atoms with Gasteiger partial charge in [0.15, 0.2) is 5.78 Å². The van der Waals surface area contributed by atoms with Gasteiger partial charge in [-0.25, -0.2) is 13.4 Å². The second-order valence-electron chi connectivity index (χ2n) is 7.20. The third kappa shape index (κ3) is 4.15. The van der Waals surface area contributed by atoms with Gasteiger partial charge >= 0.3 is 0 Å². The number of hydrogen-bond acceptors (Lipinski definition) is 5. The molecule has 0 aliphatic rings. The van der Waals surface area contributed by atoms with Crippen molar-refractivity contribution in [2.75, 3.05) is 11.8 Å². The van der Waals surface area contributed by atoms with E-state index in [2.05, 4.69) is 9.71 Å². The number of carbonyl (C=O) groups excluding carboxylic acids is 1. The molecule has 0 spiro atoms. The first-order valence-corrected chi connectivity index (χ1v) is 11.0. The van der Waals surface area contributed by atoms with Crippen molar-refractivity contribution in [1.82, 2.24) is 9.38 Å². The third-order valence-corrected chi connectivity index (χ3v) is 6.27. The number of rotatable bonds is 6. The molecule has 0 amide bonds. The van der Waals surface area contributed by atoms with Gasteiger partial charge in [-0.3, -0.25) is 9.52 Å².